The molecule has 2 aromatic rings. The number of hydrogen-bond donors (Lipinski definition) is 0. The number of carbonyl (C=O) groups excluding carboxylic acids is 3. The highest BCUT2D eigenvalue weighted by Gasteiger charge is 2.26. The number of esters is 1. The lowest BCUT2D eigenvalue weighted by atomic mass is 10.1. The van der Waals surface area contributed by atoms with E-state index < -0.39 is 5.97 Å². The maximum Gasteiger partial charge on any atom is 0.338 e. The summed E-state index contributed by atoms with van der Waals surface area (Å²) in [4.78, 5) is 40.3. The molecule has 1 saturated heterocycles. The van der Waals surface area contributed by atoms with Crippen molar-refractivity contribution in [2.24, 2.45) is 0 Å². The van der Waals surface area contributed by atoms with Crippen LogP contribution in [0.4, 0.5) is 5.69 Å². The van der Waals surface area contributed by atoms with Crippen molar-refractivity contribution >= 4 is 35.1 Å². The molecule has 3 rings (SSSR count). The Morgan fingerprint density at radius 3 is 2.38 bits per heavy atom. The van der Waals surface area contributed by atoms with E-state index in [1.165, 1.54) is 0 Å². The first-order chi connectivity index (χ1) is 14.0. The molecule has 0 bridgehead atoms. The summed E-state index contributed by atoms with van der Waals surface area (Å²) in [5.41, 5.74) is 1.87. The monoisotopic (exact) mass is 414 g/mol. The summed E-state index contributed by atoms with van der Waals surface area (Å²) in [6.45, 7) is 2.86. The third-order valence-electron chi connectivity index (χ3n) is 4.74. The van der Waals surface area contributed by atoms with E-state index in [1.807, 2.05) is 12.1 Å². The zero-order valence-corrected chi connectivity index (χ0v) is 17.0. The number of hydrogen-bond acceptors (Lipinski definition) is 4. The van der Waals surface area contributed by atoms with Crippen molar-refractivity contribution in [1.29, 1.82) is 0 Å². The van der Waals surface area contributed by atoms with Crippen molar-refractivity contribution in [2.45, 2.75) is 26.2 Å². The zero-order chi connectivity index (χ0) is 20.8. The number of nitrogens with zero attached hydrogens (tertiary/aromatic N) is 2. The number of carbonyl (C=O) groups is 3. The number of ether oxygens (including phenoxy) is 1. The number of benzene rings is 2. The van der Waals surface area contributed by atoms with Gasteiger partial charge in [0.25, 0.3) is 0 Å². The van der Waals surface area contributed by atoms with Crippen LogP contribution in [0.2, 0.25) is 5.02 Å². The Kier molecular flexibility index (Phi) is 6.88. The van der Waals surface area contributed by atoms with E-state index in [0.29, 0.717) is 35.8 Å². The Bertz CT molecular complexity index is 881. The van der Waals surface area contributed by atoms with Crippen LogP contribution >= 0.6 is 11.6 Å². The van der Waals surface area contributed by atoms with Gasteiger partial charge in [-0.25, -0.2) is 4.79 Å². The molecule has 1 fully saturated rings. The van der Waals surface area contributed by atoms with Gasteiger partial charge in [0.15, 0.2) is 0 Å². The van der Waals surface area contributed by atoms with Crippen LogP contribution < -0.4 is 4.90 Å². The summed E-state index contributed by atoms with van der Waals surface area (Å²) in [5, 5.41) is 0.607. The van der Waals surface area contributed by atoms with Crippen LogP contribution in [0, 0.1) is 0 Å². The fourth-order valence-corrected chi connectivity index (χ4v) is 3.32. The second-order valence-electron chi connectivity index (χ2n) is 6.79. The largest absolute Gasteiger partial charge is 0.462 e. The summed E-state index contributed by atoms with van der Waals surface area (Å²) >= 11 is 5.92. The summed E-state index contributed by atoms with van der Waals surface area (Å²) in [5.74, 6) is -0.513. The third-order valence-corrected chi connectivity index (χ3v) is 5.00. The lowest BCUT2D eigenvalue weighted by Gasteiger charge is -2.28. The van der Waals surface area contributed by atoms with E-state index in [-0.39, 0.29) is 24.9 Å². The number of likely N-dealkylation sites (tertiary alicyclic amines) is 1. The minimum absolute atomic E-state index is 0.0393. The molecule has 29 heavy (non-hydrogen) atoms. The van der Waals surface area contributed by atoms with Crippen LogP contribution in [0.5, 0.6) is 0 Å². The highest BCUT2D eigenvalue weighted by Crippen LogP contribution is 2.21. The van der Waals surface area contributed by atoms with Crippen molar-refractivity contribution < 1.29 is 19.1 Å². The first-order valence-electron chi connectivity index (χ1n) is 9.57. The molecule has 1 aliphatic rings. The molecule has 6 nitrogen and oxygen atoms in total. The van der Waals surface area contributed by atoms with Crippen LogP contribution in [0.3, 0.4) is 0 Å². The number of rotatable bonds is 7. The highest BCUT2D eigenvalue weighted by atomic mass is 35.5. The first-order valence-corrected chi connectivity index (χ1v) is 9.95. The lowest BCUT2D eigenvalue weighted by molar-refractivity contribution is -0.128. The molecule has 2 aromatic carbocycles. The van der Waals surface area contributed by atoms with Crippen LogP contribution in [0.1, 0.15) is 35.7 Å². The summed E-state index contributed by atoms with van der Waals surface area (Å²) < 4.78 is 5.00. The Hall–Kier alpha value is -2.86. The van der Waals surface area contributed by atoms with Crippen molar-refractivity contribution in [3.63, 3.8) is 0 Å². The fraction of sp³-hybridized carbons (Fsp3) is 0.318. The van der Waals surface area contributed by atoms with Gasteiger partial charge in [-0.3, -0.25) is 14.5 Å². The molecular formula is C22H23ClN2O4. The van der Waals surface area contributed by atoms with E-state index in [2.05, 4.69) is 0 Å². The van der Waals surface area contributed by atoms with Crippen molar-refractivity contribution in [3.05, 3.63) is 64.7 Å². The average Bonchev–Trinajstić information content (AvgIpc) is 3.12. The lowest BCUT2D eigenvalue weighted by Crippen LogP contribution is -2.43. The van der Waals surface area contributed by atoms with Crippen LogP contribution in [0.15, 0.2) is 48.5 Å². The SMILES string of the molecule is CCOC(=O)c1ccc(N(CN2CCCC2=O)C(=O)Cc2ccc(Cl)cc2)cc1. The van der Waals surface area contributed by atoms with E-state index in [1.54, 1.807) is 53.1 Å². The van der Waals surface area contributed by atoms with Gasteiger partial charge in [0, 0.05) is 23.7 Å². The van der Waals surface area contributed by atoms with Crippen LogP contribution in [0.25, 0.3) is 0 Å². The van der Waals surface area contributed by atoms with Gasteiger partial charge in [-0.1, -0.05) is 23.7 Å². The smallest absolute Gasteiger partial charge is 0.338 e. The number of anilines is 1. The van der Waals surface area contributed by atoms with Gasteiger partial charge in [0.1, 0.15) is 6.67 Å². The molecule has 0 aliphatic carbocycles. The summed E-state index contributed by atoms with van der Waals surface area (Å²) in [6, 6.07) is 13.8. The minimum Gasteiger partial charge on any atom is -0.462 e. The predicted molar refractivity (Wildman–Crippen MR) is 111 cm³/mol. The van der Waals surface area contributed by atoms with Crippen molar-refractivity contribution in [3.8, 4) is 0 Å². The molecule has 0 spiro atoms. The Labute approximate surface area is 175 Å². The van der Waals surface area contributed by atoms with Gasteiger partial charge >= 0.3 is 5.97 Å². The average molecular weight is 415 g/mol. The molecule has 152 valence electrons. The fourth-order valence-electron chi connectivity index (χ4n) is 3.19. The molecule has 0 unspecified atom stereocenters. The zero-order valence-electron chi connectivity index (χ0n) is 16.3. The third kappa shape index (κ3) is 5.35. The quantitative estimate of drug-likeness (QED) is 0.648. The van der Waals surface area contributed by atoms with Gasteiger partial charge in [0.05, 0.1) is 18.6 Å². The Morgan fingerprint density at radius 1 is 1.10 bits per heavy atom. The Morgan fingerprint density at radius 2 is 1.79 bits per heavy atom. The van der Waals surface area contributed by atoms with Crippen LogP contribution in [-0.2, 0) is 20.7 Å². The molecule has 0 saturated carbocycles. The Balaban J connectivity index is 1.81. The molecule has 0 N–H and O–H groups in total. The molecule has 7 heteroatoms. The highest BCUT2D eigenvalue weighted by molar-refractivity contribution is 6.30. The van der Waals surface area contributed by atoms with Crippen molar-refractivity contribution in [2.75, 3.05) is 24.7 Å². The van der Waals surface area contributed by atoms with E-state index in [4.69, 9.17) is 16.3 Å². The second-order valence-corrected chi connectivity index (χ2v) is 7.23. The molecule has 0 atom stereocenters. The van der Waals surface area contributed by atoms with Crippen LogP contribution in [-0.4, -0.2) is 42.5 Å². The molecule has 2 amide bonds. The molecule has 1 heterocycles. The topological polar surface area (TPSA) is 66.9 Å². The maximum atomic E-state index is 13.1. The minimum atomic E-state index is -0.409. The summed E-state index contributed by atoms with van der Waals surface area (Å²) in [6.07, 6.45) is 1.47. The van der Waals surface area contributed by atoms with E-state index in [9.17, 15) is 14.4 Å². The standard InChI is InChI=1S/C22H23ClN2O4/c1-2-29-22(28)17-7-11-19(12-8-17)25(15-24-13-3-4-20(24)26)21(27)14-16-5-9-18(23)10-6-16/h5-12H,2-4,13-15H2,1H3. The van der Waals surface area contributed by atoms with E-state index >= 15 is 0 Å². The summed E-state index contributed by atoms with van der Waals surface area (Å²) in [7, 11) is 0. The molecule has 0 radical (unpaired) electrons. The van der Waals surface area contributed by atoms with E-state index in [0.717, 1.165) is 12.0 Å². The molecule has 1 aliphatic heterocycles. The van der Waals surface area contributed by atoms with Gasteiger partial charge in [-0.2, -0.15) is 0 Å². The van der Waals surface area contributed by atoms with Gasteiger partial charge < -0.3 is 9.64 Å². The first kappa shape index (κ1) is 20.9. The van der Waals surface area contributed by atoms with Crippen molar-refractivity contribution in [1.82, 2.24) is 4.90 Å². The number of amides is 2. The molecular weight excluding hydrogens is 392 g/mol. The molecule has 0 aromatic heterocycles. The van der Waals surface area contributed by atoms with Gasteiger partial charge in [-0.15, -0.1) is 0 Å². The predicted octanol–water partition coefficient (Wildman–Crippen LogP) is 3.67. The van der Waals surface area contributed by atoms with Gasteiger partial charge in [0.2, 0.25) is 11.8 Å². The second kappa shape index (κ2) is 9.56. The van der Waals surface area contributed by atoms with Gasteiger partial charge in [-0.05, 0) is 55.3 Å². The normalized spacial score (nSPS) is 13.4. The number of halogens is 1. The maximum absolute atomic E-state index is 13.1.